The monoisotopic (exact) mass is 571 g/mol. The van der Waals surface area contributed by atoms with Crippen LogP contribution in [0.1, 0.15) is 39.4 Å². The second kappa shape index (κ2) is 13.1. The molecule has 7 nitrogen and oxygen atoms in total. The predicted molar refractivity (Wildman–Crippen MR) is 129 cm³/mol. The van der Waals surface area contributed by atoms with Gasteiger partial charge in [0.15, 0.2) is 0 Å². The van der Waals surface area contributed by atoms with Gasteiger partial charge < -0.3 is 19.4 Å². The number of fused-ring (bicyclic) bond motifs is 1. The Labute approximate surface area is 249 Å². The Morgan fingerprint density at radius 3 is 2.36 bits per heavy atom. The van der Waals surface area contributed by atoms with Crippen molar-refractivity contribution in [2.24, 2.45) is 0 Å². The smallest absolute Gasteiger partial charge is 0.549 e. The third kappa shape index (κ3) is 7.46. The Bertz CT molecular complexity index is 1320. The number of halogens is 4. The molecule has 0 radical (unpaired) electrons. The number of carboxylic acids is 1. The number of nitrogens with zero attached hydrogens (tertiary/aromatic N) is 1. The van der Waals surface area contributed by atoms with Crippen LogP contribution in [0.5, 0.6) is 17.2 Å². The van der Waals surface area contributed by atoms with E-state index in [0.717, 1.165) is 17.2 Å². The van der Waals surface area contributed by atoms with Crippen LogP contribution in [0.4, 0.5) is 13.2 Å². The molecule has 200 valence electrons. The molecule has 12 heteroatoms. The Morgan fingerprint density at radius 2 is 1.77 bits per heavy atom. The zero-order chi connectivity index (χ0) is 27.4. The molecule has 0 N–H and O–H groups in total. The normalized spacial score (nSPS) is 14.4. The molecular formula is C27H22ClF3NNaO6. The number of carbonyl (C=O) groups excluding carboxylic acids is 2. The number of benzene rings is 3. The van der Waals surface area contributed by atoms with Crippen LogP contribution in [0.2, 0.25) is 5.02 Å². The van der Waals surface area contributed by atoms with Gasteiger partial charge >= 0.3 is 35.7 Å². The molecule has 1 aliphatic rings. The fourth-order valence-corrected chi connectivity index (χ4v) is 4.23. The zero-order valence-corrected chi connectivity index (χ0v) is 23.8. The summed E-state index contributed by atoms with van der Waals surface area (Å²) in [7, 11) is 1.33. The van der Waals surface area contributed by atoms with Crippen LogP contribution in [-0.4, -0.2) is 37.2 Å². The van der Waals surface area contributed by atoms with Crippen LogP contribution >= 0.6 is 11.6 Å². The molecule has 0 aromatic heterocycles. The number of rotatable bonds is 8. The summed E-state index contributed by atoms with van der Waals surface area (Å²) in [6, 6.07) is 13.9. The molecule has 0 saturated heterocycles. The van der Waals surface area contributed by atoms with E-state index >= 15 is 0 Å². The molecule has 1 heterocycles. The van der Waals surface area contributed by atoms with Gasteiger partial charge in [-0.25, -0.2) is 5.06 Å². The first-order valence-electron chi connectivity index (χ1n) is 11.5. The number of hydroxylamine groups is 2. The van der Waals surface area contributed by atoms with Gasteiger partial charge in [0.2, 0.25) is 0 Å². The van der Waals surface area contributed by atoms with Crippen molar-refractivity contribution in [3.63, 3.8) is 0 Å². The SMILES string of the molecule is CON(CCc1ccc(C(F)(F)F)cc1)C(=O)c1ccc(Oc2cc3c(cc2Cl)C(C(=O)[O-])CCO3)cc1.[Na+]. The first-order chi connectivity index (χ1) is 18.1. The van der Waals surface area contributed by atoms with Gasteiger partial charge in [-0.15, -0.1) is 0 Å². The molecule has 3 aromatic carbocycles. The third-order valence-corrected chi connectivity index (χ3v) is 6.34. The van der Waals surface area contributed by atoms with Gasteiger partial charge in [0, 0.05) is 29.1 Å². The van der Waals surface area contributed by atoms with E-state index in [1.807, 2.05) is 0 Å². The maximum absolute atomic E-state index is 12.9. The second-order valence-electron chi connectivity index (χ2n) is 8.49. The summed E-state index contributed by atoms with van der Waals surface area (Å²) in [6.07, 6.45) is -3.84. The standard InChI is InChI=1S/C27H23ClF3NO6.Na/c1-36-32(12-10-16-2-6-18(7-3-16)27(29,30)31)25(33)17-4-8-19(9-5-17)38-24-15-23-21(14-22(24)28)20(26(34)35)11-13-37-23;/h2-9,14-15,20H,10-13H2,1H3,(H,34,35);/q;+1/p-1. The van der Waals surface area contributed by atoms with Crippen LogP contribution in [0.3, 0.4) is 0 Å². The molecule has 39 heavy (non-hydrogen) atoms. The average molecular weight is 572 g/mol. The third-order valence-electron chi connectivity index (χ3n) is 6.05. The van der Waals surface area contributed by atoms with E-state index in [1.165, 1.54) is 43.5 Å². The van der Waals surface area contributed by atoms with Crippen LogP contribution in [0, 0.1) is 0 Å². The predicted octanol–water partition coefficient (Wildman–Crippen LogP) is 2.02. The molecule has 1 aliphatic heterocycles. The number of ether oxygens (including phenoxy) is 2. The minimum absolute atomic E-state index is 0. The Balaban J connectivity index is 0.00000420. The van der Waals surface area contributed by atoms with Gasteiger partial charge in [-0.1, -0.05) is 23.7 Å². The number of amides is 1. The van der Waals surface area contributed by atoms with E-state index in [1.54, 1.807) is 12.1 Å². The molecule has 1 amide bonds. The number of hydrogen-bond donors (Lipinski definition) is 0. The molecule has 0 bridgehead atoms. The van der Waals surface area contributed by atoms with Crippen molar-refractivity contribution >= 4 is 23.5 Å². The fraction of sp³-hybridized carbons (Fsp3) is 0.259. The minimum atomic E-state index is -4.41. The molecule has 3 aromatic rings. The van der Waals surface area contributed by atoms with Crippen LogP contribution in [-0.2, 0) is 22.2 Å². The quantitative estimate of drug-likeness (QED) is 0.304. The first-order valence-corrected chi connectivity index (χ1v) is 11.9. The van der Waals surface area contributed by atoms with Crippen molar-refractivity contribution in [1.82, 2.24) is 5.06 Å². The van der Waals surface area contributed by atoms with Gasteiger partial charge in [0.1, 0.15) is 17.2 Å². The van der Waals surface area contributed by atoms with Gasteiger partial charge in [0.05, 0.1) is 30.8 Å². The maximum atomic E-state index is 12.9. The molecule has 0 aliphatic carbocycles. The molecular weight excluding hydrogens is 550 g/mol. The second-order valence-corrected chi connectivity index (χ2v) is 8.90. The molecule has 1 atom stereocenters. The molecule has 0 fully saturated rings. The Kier molecular flexibility index (Phi) is 10.3. The molecule has 0 saturated carbocycles. The number of alkyl halides is 3. The van der Waals surface area contributed by atoms with Crippen LogP contribution < -0.4 is 44.1 Å². The van der Waals surface area contributed by atoms with E-state index in [-0.39, 0.29) is 66.3 Å². The topological polar surface area (TPSA) is 88.1 Å². The average Bonchev–Trinajstić information content (AvgIpc) is 2.89. The molecule has 4 rings (SSSR count). The number of aliphatic carboxylic acids is 1. The van der Waals surface area contributed by atoms with Crippen molar-refractivity contribution < 1.29 is 71.7 Å². The van der Waals surface area contributed by atoms with Gasteiger partial charge in [-0.3, -0.25) is 9.63 Å². The summed E-state index contributed by atoms with van der Waals surface area (Å²) in [5.74, 6) is -1.51. The summed E-state index contributed by atoms with van der Waals surface area (Å²) in [5, 5.41) is 12.7. The van der Waals surface area contributed by atoms with Crippen LogP contribution in [0.15, 0.2) is 60.7 Å². The summed E-state index contributed by atoms with van der Waals surface area (Å²) in [6.45, 7) is 0.342. The van der Waals surface area contributed by atoms with Gasteiger partial charge in [0.25, 0.3) is 5.91 Å². The van der Waals surface area contributed by atoms with E-state index in [4.69, 9.17) is 25.9 Å². The van der Waals surface area contributed by atoms with Crippen molar-refractivity contribution in [2.75, 3.05) is 20.3 Å². The number of hydrogen-bond acceptors (Lipinski definition) is 6. The number of carbonyl (C=O) groups is 2. The maximum Gasteiger partial charge on any atom is 1.00 e. The van der Waals surface area contributed by atoms with E-state index in [0.29, 0.717) is 28.2 Å². The van der Waals surface area contributed by atoms with Crippen molar-refractivity contribution in [2.45, 2.75) is 24.9 Å². The van der Waals surface area contributed by atoms with Crippen LogP contribution in [0.25, 0.3) is 0 Å². The van der Waals surface area contributed by atoms with Gasteiger partial charge in [-0.2, -0.15) is 13.2 Å². The number of carboxylic acid groups (broad SMARTS) is 1. The molecule has 0 spiro atoms. The van der Waals surface area contributed by atoms with E-state index in [9.17, 15) is 27.9 Å². The summed E-state index contributed by atoms with van der Waals surface area (Å²) in [5.41, 5.74) is 0.594. The van der Waals surface area contributed by atoms with Crippen molar-refractivity contribution in [3.05, 3.63) is 87.9 Å². The first kappa shape index (κ1) is 30.8. The fourth-order valence-electron chi connectivity index (χ4n) is 4.02. The summed E-state index contributed by atoms with van der Waals surface area (Å²) < 4.78 is 49.6. The Morgan fingerprint density at radius 1 is 1.10 bits per heavy atom. The van der Waals surface area contributed by atoms with Crippen molar-refractivity contribution in [1.29, 1.82) is 0 Å². The molecule has 1 unspecified atom stereocenters. The Hall–Kier alpha value is -2.76. The summed E-state index contributed by atoms with van der Waals surface area (Å²) >= 11 is 6.31. The summed E-state index contributed by atoms with van der Waals surface area (Å²) in [4.78, 5) is 29.5. The largest absolute Gasteiger partial charge is 1.00 e. The minimum Gasteiger partial charge on any atom is -0.549 e. The van der Waals surface area contributed by atoms with Gasteiger partial charge in [-0.05, 0) is 60.9 Å². The zero-order valence-electron chi connectivity index (χ0n) is 21.1. The van der Waals surface area contributed by atoms with E-state index in [2.05, 4.69) is 0 Å². The van der Waals surface area contributed by atoms with Crippen molar-refractivity contribution in [3.8, 4) is 17.2 Å². The van der Waals surface area contributed by atoms with E-state index < -0.39 is 29.5 Å².